The number of carbonyl (C=O) groups excluding carboxylic acids is 1. The van der Waals surface area contributed by atoms with Gasteiger partial charge in [0.05, 0.1) is 0 Å². The summed E-state index contributed by atoms with van der Waals surface area (Å²) in [6.07, 6.45) is 3.97. The molecule has 0 bridgehead atoms. The molecule has 0 radical (unpaired) electrons. The van der Waals surface area contributed by atoms with Crippen LogP contribution in [0.2, 0.25) is 0 Å². The third-order valence-corrected chi connectivity index (χ3v) is 5.64. The summed E-state index contributed by atoms with van der Waals surface area (Å²) in [4.78, 5) is 24.6. The van der Waals surface area contributed by atoms with E-state index in [0.717, 1.165) is 22.3 Å². The predicted octanol–water partition coefficient (Wildman–Crippen LogP) is 5.28. The Balaban J connectivity index is 1.75. The molecule has 2 aromatic carbocycles. The van der Waals surface area contributed by atoms with Crippen LogP contribution >= 0.6 is 0 Å². The highest BCUT2D eigenvalue weighted by atomic mass is 16.5. The van der Waals surface area contributed by atoms with Gasteiger partial charge in [0.15, 0.2) is 0 Å². The van der Waals surface area contributed by atoms with Crippen LogP contribution < -0.4 is 5.32 Å². The van der Waals surface area contributed by atoms with E-state index in [9.17, 15) is 14.7 Å². The lowest BCUT2D eigenvalue weighted by Crippen LogP contribution is -2.54. The minimum absolute atomic E-state index is 0.0799. The Kier molecular flexibility index (Phi) is 6.72. The summed E-state index contributed by atoms with van der Waals surface area (Å²) in [7, 11) is 0. The first-order valence-electron chi connectivity index (χ1n) is 10.1. The highest BCUT2D eigenvalue weighted by molar-refractivity contribution is 5.84. The molecule has 1 amide bonds. The van der Waals surface area contributed by atoms with Gasteiger partial charge in [0, 0.05) is 5.92 Å². The molecule has 0 saturated heterocycles. The quantitative estimate of drug-likeness (QED) is 0.527. The first kappa shape index (κ1) is 21.4. The average molecular weight is 405 g/mol. The van der Waals surface area contributed by atoms with E-state index < -0.39 is 17.6 Å². The van der Waals surface area contributed by atoms with E-state index in [1.54, 1.807) is 12.2 Å². The van der Waals surface area contributed by atoms with E-state index in [4.69, 9.17) is 4.74 Å². The van der Waals surface area contributed by atoms with E-state index in [1.165, 1.54) is 0 Å². The van der Waals surface area contributed by atoms with Gasteiger partial charge in [0.1, 0.15) is 12.1 Å². The van der Waals surface area contributed by atoms with Gasteiger partial charge in [-0.05, 0) is 47.9 Å². The summed E-state index contributed by atoms with van der Waals surface area (Å²) < 4.78 is 5.54. The van der Waals surface area contributed by atoms with Gasteiger partial charge in [-0.1, -0.05) is 60.7 Å². The molecular weight excluding hydrogens is 378 g/mol. The van der Waals surface area contributed by atoms with E-state index in [-0.39, 0.29) is 25.4 Å². The fraction of sp³-hybridized carbons (Fsp3) is 0.280. The molecule has 0 saturated carbocycles. The highest BCUT2D eigenvalue weighted by Gasteiger charge is 2.39. The Morgan fingerprint density at radius 3 is 1.93 bits per heavy atom. The van der Waals surface area contributed by atoms with Crippen molar-refractivity contribution in [3.8, 4) is 11.1 Å². The van der Waals surface area contributed by atoms with E-state index in [2.05, 4.69) is 30.6 Å². The summed E-state index contributed by atoms with van der Waals surface area (Å²) in [5.74, 6) is -1.16. The number of carboxylic acid groups (broad SMARTS) is 1. The molecule has 5 nitrogen and oxygen atoms in total. The summed E-state index contributed by atoms with van der Waals surface area (Å²) in [5.41, 5.74) is 3.08. The van der Waals surface area contributed by atoms with E-state index >= 15 is 0 Å². The monoisotopic (exact) mass is 405 g/mol. The van der Waals surface area contributed by atoms with Crippen molar-refractivity contribution in [3.05, 3.63) is 85.0 Å². The van der Waals surface area contributed by atoms with Crippen LogP contribution in [0.5, 0.6) is 0 Å². The molecule has 0 aliphatic heterocycles. The minimum Gasteiger partial charge on any atom is -0.480 e. The number of amides is 1. The molecule has 0 atom stereocenters. The Hall–Kier alpha value is -3.34. The van der Waals surface area contributed by atoms with Crippen molar-refractivity contribution in [2.24, 2.45) is 0 Å². The number of allylic oxidation sites excluding steroid dienone is 2. The van der Waals surface area contributed by atoms with Crippen molar-refractivity contribution in [1.29, 1.82) is 0 Å². The third-order valence-electron chi connectivity index (χ3n) is 5.64. The van der Waals surface area contributed by atoms with Gasteiger partial charge in [-0.25, -0.2) is 9.59 Å². The largest absolute Gasteiger partial charge is 0.480 e. The summed E-state index contributed by atoms with van der Waals surface area (Å²) in [5, 5.41) is 12.4. The van der Waals surface area contributed by atoms with Crippen LogP contribution in [0.3, 0.4) is 0 Å². The molecule has 3 rings (SSSR count). The zero-order valence-corrected chi connectivity index (χ0v) is 17.0. The van der Waals surface area contributed by atoms with Crippen LogP contribution in [-0.2, 0) is 9.53 Å². The molecule has 0 fully saturated rings. The second-order valence-corrected chi connectivity index (χ2v) is 7.49. The highest BCUT2D eigenvalue weighted by Crippen LogP contribution is 2.44. The zero-order valence-electron chi connectivity index (χ0n) is 17.0. The topological polar surface area (TPSA) is 75.6 Å². The van der Waals surface area contributed by atoms with Gasteiger partial charge >= 0.3 is 12.1 Å². The molecule has 1 aliphatic carbocycles. The molecule has 5 heteroatoms. The second kappa shape index (κ2) is 9.44. The number of carbonyl (C=O) groups is 2. The molecule has 0 spiro atoms. The number of carboxylic acids is 1. The molecular formula is C25H27NO4. The summed E-state index contributed by atoms with van der Waals surface area (Å²) in [6, 6.07) is 16.1. The lowest BCUT2D eigenvalue weighted by molar-refractivity contribution is -0.145. The standard InChI is InChI=1S/C25H27NO4/c1-3-5-15-25(23(27)28,16-6-4-2)26-24(29)30-17-22-20-13-9-7-11-18(20)19-12-8-10-14-21(19)22/h3-4,7-14,22H,1-2,5-6,15-17H2,(H,26,29)(H,27,28). The van der Waals surface area contributed by atoms with Crippen LogP contribution in [0.15, 0.2) is 73.8 Å². The number of rotatable bonds is 10. The molecule has 156 valence electrons. The summed E-state index contributed by atoms with van der Waals surface area (Å²) >= 11 is 0. The molecule has 0 aromatic heterocycles. The average Bonchev–Trinajstić information content (AvgIpc) is 3.08. The number of fused-ring (bicyclic) bond motifs is 3. The van der Waals surface area contributed by atoms with E-state index in [1.807, 2.05) is 36.4 Å². The van der Waals surface area contributed by atoms with Gasteiger partial charge in [-0.15, -0.1) is 13.2 Å². The van der Waals surface area contributed by atoms with Crippen molar-refractivity contribution in [1.82, 2.24) is 5.32 Å². The first-order chi connectivity index (χ1) is 14.5. The van der Waals surface area contributed by atoms with Gasteiger partial charge in [0.25, 0.3) is 0 Å². The number of ether oxygens (including phenoxy) is 1. The van der Waals surface area contributed by atoms with Gasteiger partial charge in [-0.3, -0.25) is 0 Å². The number of aliphatic carboxylic acids is 1. The number of nitrogens with one attached hydrogen (secondary N) is 1. The maximum Gasteiger partial charge on any atom is 0.408 e. The van der Waals surface area contributed by atoms with Crippen molar-refractivity contribution in [2.75, 3.05) is 6.61 Å². The van der Waals surface area contributed by atoms with E-state index in [0.29, 0.717) is 12.8 Å². The Morgan fingerprint density at radius 2 is 1.47 bits per heavy atom. The van der Waals surface area contributed by atoms with Crippen LogP contribution in [0.1, 0.15) is 42.7 Å². The number of hydrogen-bond acceptors (Lipinski definition) is 3. The smallest absolute Gasteiger partial charge is 0.408 e. The van der Waals surface area contributed by atoms with Gasteiger partial charge in [-0.2, -0.15) is 0 Å². The molecule has 30 heavy (non-hydrogen) atoms. The molecule has 2 N–H and O–H groups in total. The maximum absolute atomic E-state index is 12.6. The third kappa shape index (κ3) is 4.30. The lowest BCUT2D eigenvalue weighted by Gasteiger charge is -2.30. The molecule has 2 aromatic rings. The minimum atomic E-state index is -1.41. The molecule has 1 aliphatic rings. The van der Waals surface area contributed by atoms with Crippen molar-refractivity contribution < 1.29 is 19.4 Å². The van der Waals surface area contributed by atoms with Crippen molar-refractivity contribution >= 4 is 12.1 Å². The number of alkyl carbamates (subject to hydrolysis) is 1. The van der Waals surface area contributed by atoms with Gasteiger partial charge in [0.2, 0.25) is 0 Å². The van der Waals surface area contributed by atoms with Crippen LogP contribution in [0, 0.1) is 0 Å². The predicted molar refractivity (Wildman–Crippen MR) is 117 cm³/mol. The Bertz CT molecular complexity index is 892. The van der Waals surface area contributed by atoms with Crippen molar-refractivity contribution in [2.45, 2.75) is 37.1 Å². The Labute approximate surface area is 177 Å². The van der Waals surface area contributed by atoms with Crippen LogP contribution in [0.4, 0.5) is 4.79 Å². The molecule has 0 unspecified atom stereocenters. The fourth-order valence-electron chi connectivity index (χ4n) is 4.04. The van der Waals surface area contributed by atoms with Crippen molar-refractivity contribution in [3.63, 3.8) is 0 Å². The normalized spacial score (nSPS) is 12.5. The maximum atomic E-state index is 12.6. The fourth-order valence-corrected chi connectivity index (χ4v) is 4.04. The van der Waals surface area contributed by atoms with Gasteiger partial charge < -0.3 is 15.2 Å². The first-order valence-corrected chi connectivity index (χ1v) is 10.1. The number of hydrogen-bond donors (Lipinski definition) is 2. The lowest BCUT2D eigenvalue weighted by atomic mass is 9.88. The van der Waals surface area contributed by atoms with Crippen LogP contribution in [0.25, 0.3) is 11.1 Å². The molecule has 0 heterocycles. The Morgan fingerprint density at radius 1 is 0.967 bits per heavy atom. The SMILES string of the molecule is C=CCCC(CCC=C)(NC(=O)OCC1c2ccccc2-c2ccccc21)C(=O)O. The zero-order chi connectivity index (χ0) is 21.6. The second-order valence-electron chi connectivity index (χ2n) is 7.49. The number of benzene rings is 2. The van der Waals surface area contributed by atoms with Crippen LogP contribution in [-0.4, -0.2) is 29.3 Å². The summed E-state index contributed by atoms with van der Waals surface area (Å²) in [6.45, 7) is 7.45.